The first-order chi connectivity index (χ1) is 32.4. The summed E-state index contributed by atoms with van der Waals surface area (Å²) < 4.78 is 7.00. The van der Waals surface area contributed by atoms with E-state index < -0.39 is 5.41 Å². The lowest BCUT2D eigenvalue weighted by Gasteiger charge is -2.34. The van der Waals surface area contributed by atoms with Crippen LogP contribution in [0.2, 0.25) is 0 Å². The minimum absolute atomic E-state index is 0.0179. The average Bonchev–Trinajstić information content (AvgIpc) is 4.01. The molecule has 13 rings (SSSR count). The molecule has 9 aromatic carbocycles. The zero-order valence-corrected chi connectivity index (χ0v) is 39.3. The van der Waals surface area contributed by atoms with Crippen molar-refractivity contribution < 1.29 is 4.42 Å². The second-order valence-corrected chi connectivity index (χ2v) is 21.3. The van der Waals surface area contributed by atoms with Crippen LogP contribution in [0.4, 0.5) is 17.1 Å². The summed E-state index contributed by atoms with van der Waals surface area (Å²) in [6.07, 6.45) is 0. The van der Waals surface area contributed by atoms with Gasteiger partial charge in [-0.15, -0.1) is 0 Å². The van der Waals surface area contributed by atoms with Crippen LogP contribution in [0.1, 0.15) is 98.5 Å². The molecule has 324 valence electrons. The molecule has 3 aliphatic carbocycles. The van der Waals surface area contributed by atoms with Crippen molar-refractivity contribution in [2.75, 3.05) is 4.90 Å². The van der Waals surface area contributed by atoms with Gasteiger partial charge in [0.15, 0.2) is 0 Å². The van der Waals surface area contributed by atoms with E-state index in [4.69, 9.17) is 4.42 Å². The summed E-state index contributed by atoms with van der Waals surface area (Å²) >= 11 is 0. The zero-order valence-electron chi connectivity index (χ0n) is 39.3. The lowest BCUT2D eigenvalue weighted by molar-refractivity contribution is 0.587. The molecule has 0 atom stereocenters. The molecule has 0 bridgehead atoms. The van der Waals surface area contributed by atoms with Gasteiger partial charge in [-0.25, -0.2) is 0 Å². The second-order valence-electron chi connectivity index (χ2n) is 21.3. The summed E-state index contributed by atoms with van der Waals surface area (Å²) in [6, 6.07) is 73.2. The Hall–Kier alpha value is -7.42. The average molecular weight is 864 g/mol. The van der Waals surface area contributed by atoms with Gasteiger partial charge in [-0.1, -0.05) is 200 Å². The van der Waals surface area contributed by atoms with Crippen molar-refractivity contribution >= 4 is 39.0 Å². The number of anilines is 3. The summed E-state index contributed by atoms with van der Waals surface area (Å²) in [6.45, 7) is 16.3. The van der Waals surface area contributed by atoms with E-state index in [2.05, 4.69) is 247 Å². The number of benzene rings is 9. The molecule has 1 heterocycles. The smallest absolute Gasteiger partial charge is 0.143 e. The Morgan fingerprint density at radius 3 is 1.58 bits per heavy atom. The third-order valence-electron chi connectivity index (χ3n) is 15.9. The molecule has 2 nitrogen and oxygen atoms in total. The summed E-state index contributed by atoms with van der Waals surface area (Å²) in [5.41, 5.74) is 23.9. The molecule has 0 fully saturated rings. The Morgan fingerprint density at radius 2 is 0.896 bits per heavy atom. The van der Waals surface area contributed by atoms with Crippen LogP contribution in [-0.2, 0) is 21.7 Å². The molecule has 0 spiro atoms. The van der Waals surface area contributed by atoms with Crippen molar-refractivity contribution in [3.8, 4) is 33.4 Å². The first kappa shape index (κ1) is 39.9. The Bertz CT molecular complexity index is 3620. The van der Waals surface area contributed by atoms with Gasteiger partial charge in [-0.3, -0.25) is 0 Å². The molecular weight excluding hydrogens is 811 g/mol. The van der Waals surface area contributed by atoms with Crippen molar-refractivity contribution in [3.63, 3.8) is 0 Å². The van der Waals surface area contributed by atoms with E-state index >= 15 is 0 Å². The van der Waals surface area contributed by atoms with Crippen LogP contribution in [0.15, 0.2) is 199 Å². The van der Waals surface area contributed by atoms with Crippen LogP contribution in [0.3, 0.4) is 0 Å². The molecule has 2 heteroatoms. The maximum atomic E-state index is 7.00. The first-order valence-electron chi connectivity index (χ1n) is 23.9. The SMILES string of the molecule is CC(C)(C)c1ccc2c(c1)oc1c3c(ccc12)C(C)(C)c1ccc(N(c2ccc(C4(c5ccccc5)c5ccccc5-c5ccccc54)cc2)c2ccc4c(c2)C(C)(C)c2ccccc2-4)cc1-3. The fourth-order valence-corrected chi connectivity index (χ4v) is 12.5. The number of furan rings is 1. The molecule has 0 amide bonds. The predicted molar refractivity (Wildman–Crippen MR) is 280 cm³/mol. The topological polar surface area (TPSA) is 16.4 Å². The van der Waals surface area contributed by atoms with Crippen LogP contribution in [-0.4, -0.2) is 0 Å². The van der Waals surface area contributed by atoms with E-state index in [1.807, 2.05) is 0 Å². The van der Waals surface area contributed by atoms with E-state index in [9.17, 15) is 0 Å². The van der Waals surface area contributed by atoms with Gasteiger partial charge < -0.3 is 9.32 Å². The molecule has 67 heavy (non-hydrogen) atoms. The molecule has 0 saturated carbocycles. The van der Waals surface area contributed by atoms with Gasteiger partial charge in [0.05, 0.1) is 5.41 Å². The Morgan fingerprint density at radius 1 is 0.388 bits per heavy atom. The van der Waals surface area contributed by atoms with Gasteiger partial charge in [-0.05, 0) is 126 Å². The number of fused-ring (bicyclic) bond motifs is 13. The van der Waals surface area contributed by atoms with Crippen LogP contribution in [0.25, 0.3) is 55.3 Å². The molecule has 10 aromatic rings. The van der Waals surface area contributed by atoms with Crippen molar-refractivity contribution in [1.82, 2.24) is 0 Å². The van der Waals surface area contributed by atoms with Crippen LogP contribution in [0, 0.1) is 0 Å². The largest absolute Gasteiger partial charge is 0.455 e. The van der Waals surface area contributed by atoms with Gasteiger partial charge in [0.25, 0.3) is 0 Å². The summed E-state index contributed by atoms with van der Waals surface area (Å²) in [7, 11) is 0. The normalized spacial score (nSPS) is 15.4. The fourth-order valence-electron chi connectivity index (χ4n) is 12.5. The van der Waals surface area contributed by atoms with Gasteiger partial charge in [0, 0.05) is 44.2 Å². The molecule has 3 aliphatic rings. The molecule has 0 aliphatic heterocycles. The second kappa shape index (κ2) is 13.8. The first-order valence-corrected chi connectivity index (χ1v) is 23.9. The third-order valence-corrected chi connectivity index (χ3v) is 15.9. The lowest BCUT2D eigenvalue weighted by Crippen LogP contribution is -2.28. The quantitative estimate of drug-likeness (QED) is 0.171. The Balaban J connectivity index is 1.02. The standard InChI is InChI=1S/C65H53NO/c1-62(2,3)42-27-32-50-51-34-36-57-60(61(51)67-59(50)37-42)52-38-44(31-35-54(52)63(57,4)5)66(45-30-33-49-46-19-11-14-22-53(46)64(6,7)58(49)39-45)43-28-25-41(26-29-43)65(40-17-9-8-10-18-40)55-23-15-12-20-47(55)48-21-13-16-24-56(48)65/h8-39H,1-7H3. The van der Waals surface area contributed by atoms with Crippen molar-refractivity contribution in [2.24, 2.45) is 0 Å². The zero-order chi connectivity index (χ0) is 45.6. The predicted octanol–water partition coefficient (Wildman–Crippen LogP) is 17.3. The van der Waals surface area contributed by atoms with Crippen LogP contribution >= 0.6 is 0 Å². The van der Waals surface area contributed by atoms with Gasteiger partial charge in [-0.2, -0.15) is 0 Å². The van der Waals surface area contributed by atoms with Crippen LogP contribution < -0.4 is 4.90 Å². The van der Waals surface area contributed by atoms with Crippen molar-refractivity contribution in [3.05, 3.63) is 244 Å². The lowest BCUT2D eigenvalue weighted by atomic mass is 9.68. The maximum absolute atomic E-state index is 7.00. The van der Waals surface area contributed by atoms with E-state index in [-0.39, 0.29) is 16.2 Å². The highest BCUT2D eigenvalue weighted by atomic mass is 16.3. The highest BCUT2D eigenvalue weighted by Crippen LogP contribution is 2.58. The van der Waals surface area contributed by atoms with Crippen molar-refractivity contribution in [1.29, 1.82) is 0 Å². The summed E-state index contributed by atoms with van der Waals surface area (Å²) in [5.74, 6) is 0. The molecule has 0 saturated heterocycles. The molecular formula is C65H53NO. The minimum atomic E-state index is -0.477. The number of hydrogen-bond donors (Lipinski definition) is 0. The number of hydrogen-bond acceptors (Lipinski definition) is 2. The van der Waals surface area contributed by atoms with Crippen LogP contribution in [0.5, 0.6) is 0 Å². The maximum Gasteiger partial charge on any atom is 0.143 e. The molecule has 0 radical (unpaired) electrons. The summed E-state index contributed by atoms with van der Waals surface area (Å²) in [4.78, 5) is 2.48. The van der Waals surface area contributed by atoms with E-state index in [1.165, 1.54) is 88.8 Å². The summed E-state index contributed by atoms with van der Waals surface area (Å²) in [5, 5.41) is 2.33. The monoisotopic (exact) mass is 863 g/mol. The highest BCUT2D eigenvalue weighted by molar-refractivity contribution is 6.12. The van der Waals surface area contributed by atoms with E-state index in [0.29, 0.717) is 0 Å². The number of rotatable bonds is 5. The molecule has 1 aromatic heterocycles. The minimum Gasteiger partial charge on any atom is -0.455 e. The van der Waals surface area contributed by atoms with Gasteiger partial charge in [0.2, 0.25) is 0 Å². The van der Waals surface area contributed by atoms with E-state index in [1.54, 1.807) is 0 Å². The Labute approximate surface area is 394 Å². The molecule has 0 N–H and O–H groups in total. The Kier molecular flexibility index (Phi) is 8.23. The van der Waals surface area contributed by atoms with Crippen molar-refractivity contribution in [2.45, 2.75) is 70.1 Å². The number of nitrogens with zero attached hydrogens (tertiary/aromatic N) is 1. The molecule has 0 unspecified atom stereocenters. The van der Waals surface area contributed by atoms with Gasteiger partial charge >= 0.3 is 0 Å². The third kappa shape index (κ3) is 5.45. The fraction of sp³-hybridized carbons (Fsp3) is 0.169. The van der Waals surface area contributed by atoms with E-state index in [0.717, 1.165) is 33.6 Å². The van der Waals surface area contributed by atoms with Gasteiger partial charge in [0.1, 0.15) is 11.2 Å². The highest BCUT2D eigenvalue weighted by Gasteiger charge is 2.46.